The summed E-state index contributed by atoms with van der Waals surface area (Å²) in [6, 6.07) is 91.1. The van der Waals surface area contributed by atoms with Crippen molar-refractivity contribution in [2.24, 2.45) is 0 Å². The van der Waals surface area contributed by atoms with E-state index in [0.717, 1.165) is 43.4 Å². The predicted molar refractivity (Wildman–Crippen MR) is 387 cm³/mol. The van der Waals surface area contributed by atoms with Crippen LogP contribution in [-0.2, 0) is 45.1 Å². The van der Waals surface area contributed by atoms with Crippen LogP contribution in [0.1, 0.15) is 0 Å². The molecule has 0 bridgehead atoms. The third-order valence-corrected chi connectivity index (χ3v) is 15.5. The Balaban J connectivity index is 0.000000179. The number of aromatic nitrogens is 2. The van der Waals surface area contributed by atoms with Crippen LogP contribution >= 0.6 is 146 Å². The smallest absolute Gasteiger partial charge is 0.0585 e. The number of hydrogen-bond donors (Lipinski definition) is 1. The van der Waals surface area contributed by atoms with Crippen molar-refractivity contribution in [1.82, 2.24) is 9.97 Å². The molecule has 0 aliphatic carbocycles. The minimum absolute atomic E-state index is 0. The van der Waals surface area contributed by atoms with Crippen LogP contribution in [0.15, 0.2) is 279 Å². The second-order valence-corrected chi connectivity index (χ2v) is 56.0. The molecule has 4 heterocycles. The maximum atomic E-state index is 4.74. The summed E-state index contributed by atoms with van der Waals surface area (Å²) in [5.74, 6) is 0. The third kappa shape index (κ3) is 16.9. The number of halogens is 6. The summed E-state index contributed by atoms with van der Waals surface area (Å²) in [7, 11) is 0. The van der Waals surface area contributed by atoms with E-state index in [2.05, 4.69) is 326 Å². The van der Waals surface area contributed by atoms with Gasteiger partial charge in [0.2, 0.25) is 0 Å². The van der Waals surface area contributed by atoms with Gasteiger partial charge in [0.15, 0.2) is 0 Å². The first-order valence-corrected chi connectivity index (χ1v) is 43.0. The van der Waals surface area contributed by atoms with Gasteiger partial charge in [-0.25, -0.2) is 0 Å². The van der Waals surface area contributed by atoms with Gasteiger partial charge in [0.1, 0.15) is 0 Å². The number of alkyl halides is 1. The average Bonchev–Trinajstić information content (AvgIpc) is 3.70. The molecule has 0 spiro atoms. The van der Waals surface area contributed by atoms with Crippen LogP contribution in [0.25, 0.3) is 66.3 Å². The second kappa shape index (κ2) is 33.5. The fourth-order valence-electron chi connectivity index (χ4n) is 9.26. The Hall–Kier alpha value is -2.67. The normalized spacial score (nSPS) is 11.1. The van der Waals surface area contributed by atoms with E-state index in [1.807, 2.05) is 83.3 Å². The van der Waals surface area contributed by atoms with E-state index in [9.17, 15) is 0 Å². The van der Waals surface area contributed by atoms with Crippen molar-refractivity contribution in [2.45, 2.75) is 19.6 Å². The van der Waals surface area contributed by atoms with Crippen molar-refractivity contribution >= 4 is 196 Å². The van der Waals surface area contributed by atoms with Gasteiger partial charge in [-0.1, -0.05) is 212 Å². The van der Waals surface area contributed by atoms with Crippen LogP contribution in [0.3, 0.4) is 0 Å². The van der Waals surface area contributed by atoms with Crippen molar-refractivity contribution in [3.05, 3.63) is 272 Å². The Kier molecular flexibility index (Phi) is 27.3. The molecule has 0 fully saturated rings. The van der Waals surface area contributed by atoms with Crippen molar-refractivity contribution in [1.29, 1.82) is 0 Å². The van der Waals surface area contributed by atoms with E-state index in [1.54, 1.807) is 0 Å². The minimum atomic E-state index is -0.278. The van der Waals surface area contributed by atoms with Gasteiger partial charge in [-0.15, -0.1) is 83.6 Å². The fourth-order valence-corrected chi connectivity index (χ4v) is 11.7. The molecule has 1 N–H and O–H groups in total. The zero-order chi connectivity index (χ0) is 54.5. The Bertz CT molecular complexity index is 4030. The number of nitrogens with zero attached hydrogens (tertiary/aromatic N) is 3. The second-order valence-electron chi connectivity index (χ2n) is 17.6. The van der Waals surface area contributed by atoms with Crippen LogP contribution in [0.4, 0.5) is 28.4 Å². The molecule has 15 heteroatoms. The quantitative estimate of drug-likeness (QED) is 0.105. The molecular formula is C67H47BrI5Ir2N4S2V-2. The van der Waals surface area contributed by atoms with E-state index in [-0.39, 0.29) is 69.1 Å². The molecule has 0 unspecified atom stereocenters. The molecule has 14 rings (SSSR count). The standard InChI is InChI=1S/C33H21N2S.C18H13NS.C15H9BrN.CH3I.4HI.2Ir.V/c1-2-9-23(10-3-1)25-17-18-30-32(22-25)36-31-16-7-6-15-29(31)35(30)27-13-8-12-26(21-27)33-28-14-5-4-11-24(28)19-20-34-33;1-2-6-13(7-3-1)14-10-11-16-18(12-14)20-17-9-5-4-8-15(17)19-16;16-13-6-3-5-12(10-13)15-14-7-2-1-4-11(14)8-9-17-15;1-2;;;;;;;/h1-11,13-22H;1-12,19H;1-4,6-10H;1H3;4*1H;;;/q-1;;-1;;;;;;;;+3/p-3. The molecular weight excluding hydrogens is 2070 g/mol. The number of pyridine rings is 2. The summed E-state index contributed by atoms with van der Waals surface area (Å²) in [6.07, 6.45) is 3.72. The number of rotatable bonds is 5. The summed E-state index contributed by atoms with van der Waals surface area (Å²) < 4.78 is 1.04. The van der Waals surface area contributed by atoms with Gasteiger partial charge in [-0.05, 0) is 126 Å². The molecule has 0 amide bonds. The molecule has 2 aromatic heterocycles. The molecule has 0 atom stereocenters. The zero-order valence-corrected chi connectivity index (χ0v) is 63.7. The Morgan fingerprint density at radius 2 is 0.915 bits per heavy atom. The third-order valence-electron chi connectivity index (χ3n) is 12.8. The molecule has 2 aliphatic heterocycles. The monoisotopic (exact) mass is 2120 g/mol. The van der Waals surface area contributed by atoms with Gasteiger partial charge >= 0.3 is 64.9 Å². The van der Waals surface area contributed by atoms with Gasteiger partial charge in [0, 0.05) is 72.2 Å². The first-order chi connectivity index (χ1) is 38.8. The molecule has 0 saturated heterocycles. The van der Waals surface area contributed by atoms with Crippen LogP contribution in [-0.4, -0.2) is 14.9 Å². The molecule has 2 aliphatic rings. The number of benzene rings is 10. The number of para-hydroxylation sites is 2. The van der Waals surface area contributed by atoms with Crippen molar-refractivity contribution in [3.63, 3.8) is 0 Å². The maximum absolute atomic E-state index is 4.74. The molecule has 12 aromatic rings. The summed E-state index contributed by atoms with van der Waals surface area (Å²) in [4.78, 5) is 18.3. The predicted octanol–water partition coefficient (Wildman–Crippen LogP) is 23.6. The van der Waals surface area contributed by atoms with E-state index in [1.165, 1.54) is 75.4 Å². The van der Waals surface area contributed by atoms with Crippen molar-refractivity contribution in [2.75, 3.05) is 15.1 Å². The number of nitrogens with one attached hydrogen (secondary N) is 1. The maximum Gasteiger partial charge on any atom is 0.0585 e. The Morgan fingerprint density at radius 1 is 0.451 bits per heavy atom. The summed E-state index contributed by atoms with van der Waals surface area (Å²) in [5.41, 5.74) is 14.7. The molecule has 0 saturated carbocycles. The first-order valence-electron chi connectivity index (χ1n) is 24.9. The van der Waals surface area contributed by atoms with Gasteiger partial charge in [-0.3, -0.25) is 0 Å². The summed E-state index contributed by atoms with van der Waals surface area (Å²) in [5, 5.41) is 8.17. The summed E-state index contributed by atoms with van der Waals surface area (Å²) >= 11 is 16.7. The first kappa shape index (κ1) is 66.9. The van der Waals surface area contributed by atoms with Crippen molar-refractivity contribution in [3.8, 4) is 44.8 Å². The van der Waals surface area contributed by atoms with E-state index < -0.39 is 0 Å². The van der Waals surface area contributed by atoms with Crippen LogP contribution in [0, 0.1) is 12.1 Å². The zero-order valence-electron chi connectivity index (χ0n) is 43.3. The number of anilines is 5. The minimum Gasteiger partial charge on any atom is -0.354 e. The van der Waals surface area contributed by atoms with Gasteiger partial charge in [0.05, 0.1) is 22.7 Å². The largest absolute Gasteiger partial charge is 0.354 e. The van der Waals surface area contributed by atoms with Gasteiger partial charge in [0.25, 0.3) is 0 Å². The molecule has 2 radical (unpaired) electrons. The molecule has 4 nitrogen and oxygen atoms in total. The van der Waals surface area contributed by atoms with E-state index in [0.29, 0.717) is 0 Å². The van der Waals surface area contributed by atoms with Crippen molar-refractivity contribution < 1.29 is 45.1 Å². The summed E-state index contributed by atoms with van der Waals surface area (Å²) in [6.45, 7) is 0. The van der Waals surface area contributed by atoms with E-state index >= 15 is 0 Å². The Labute approximate surface area is 593 Å². The average molecular weight is 2120 g/mol. The number of fused-ring (bicyclic) bond motifs is 6. The van der Waals surface area contributed by atoms with Crippen LogP contribution < -0.4 is 10.2 Å². The molecule has 414 valence electrons. The van der Waals surface area contributed by atoms with Crippen LogP contribution in [0.2, 0.25) is 0 Å². The van der Waals surface area contributed by atoms with Gasteiger partial charge < -0.3 is 20.2 Å². The topological polar surface area (TPSA) is 41.1 Å². The van der Waals surface area contributed by atoms with Gasteiger partial charge in [-0.2, -0.15) is 0 Å². The Morgan fingerprint density at radius 3 is 1.52 bits per heavy atom. The number of hydrogen-bond acceptors (Lipinski definition) is 6. The SMILES string of the molecule is Brc1cc[c-]c(-c2nccc3ccccc23)c1.CI.I.[I][V]([I])[I].[Ir].[Ir].[c-]1ccc(N2c3ccccc3Sc3cc(-c4ccccc4)ccc32)cc1-c1nccc2ccccc12.c1ccc(-c2ccc3c(c2)Sc2ccccc2N3)cc1. The van der Waals surface area contributed by atoms with E-state index in [4.69, 9.17) is 4.98 Å². The fraction of sp³-hybridized carbons (Fsp3) is 0.0149. The van der Waals surface area contributed by atoms with Crippen LogP contribution in [0.5, 0.6) is 0 Å². The molecule has 10 aromatic carbocycles. The molecule has 82 heavy (non-hydrogen) atoms.